The third-order valence-corrected chi connectivity index (χ3v) is 7.05. The molecule has 1 heterocycles. The Labute approximate surface area is 212 Å². The average molecular weight is 510 g/mol. The zero-order chi connectivity index (χ0) is 25.7. The molecule has 0 saturated carbocycles. The minimum atomic E-state index is -3.68. The van der Waals surface area contributed by atoms with E-state index in [0.717, 1.165) is 47.9 Å². The molecule has 0 amide bonds. The number of methoxy groups -OCH3 is 2. The second-order valence-corrected chi connectivity index (χ2v) is 10.6. The molecular weight excluding hydrogens is 478 g/mol. The molecule has 1 aliphatic rings. The Balaban J connectivity index is 1.64. The summed E-state index contributed by atoms with van der Waals surface area (Å²) in [5.41, 5.74) is 5.39. The summed E-state index contributed by atoms with van der Waals surface area (Å²) in [6, 6.07) is 19.5. The highest BCUT2D eigenvalue weighted by atomic mass is 32.2. The van der Waals surface area contributed by atoms with Gasteiger partial charge in [0.15, 0.2) is 0 Å². The van der Waals surface area contributed by atoms with Crippen LogP contribution in [0.2, 0.25) is 0 Å². The van der Waals surface area contributed by atoms with Crippen LogP contribution in [-0.2, 0) is 31.7 Å². The zero-order valence-corrected chi connectivity index (χ0v) is 21.3. The summed E-state index contributed by atoms with van der Waals surface area (Å²) < 4.78 is 40.3. The van der Waals surface area contributed by atoms with Crippen molar-refractivity contribution >= 4 is 16.0 Å². The monoisotopic (exact) mass is 509 g/mol. The minimum absolute atomic E-state index is 0.177. The van der Waals surface area contributed by atoms with E-state index in [9.17, 15) is 13.2 Å². The Bertz CT molecular complexity index is 1350. The molecule has 1 unspecified atom stereocenters. The molecule has 0 fully saturated rings. The van der Waals surface area contributed by atoms with Gasteiger partial charge in [-0.3, -0.25) is 4.79 Å². The van der Waals surface area contributed by atoms with Gasteiger partial charge in [0.05, 0.1) is 25.5 Å². The highest BCUT2D eigenvalue weighted by Crippen LogP contribution is 2.49. The van der Waals surface area contributed by atoms with Crippen LogP contribution in [0.25, 0.3) is 11.1 Å². The average Bonchev–Trinajstić information content (AvgIpc) is 2.86. The lowest BCUT2D eigenvalue weighted by Gasteiger charge is -2.31. The van der Waals surface area contributed by atoms with Crippen molar-refractivity contribution in [3.8, 4) is 22.6 Å². The summed E-state index contributed by atoms with van der Waals surface area (Å²) in [4.78, 5) is 11.3. The van der Waals surface area contributed by atoms with Crippen LogP contribution in [0, 0.1) is 0 Å². The standard InChI is InChI=1S/C28H31NO6S/c1-33-24-11-7-12-25-27(24)22-15-14-20(18-36(29,31)32)17-23(22)28(35-25)21-10-6-9-19(16-21)8-4-3-5-13-26(30)34-2/h6-7,9-12,14-17,28H,3-5,8,13,18H2,1-2H3,(H2,29,31,32). The van der Waals surface area contributed by atoms with Gasteiger partial charge in [-0.25, -0.2) is 13.6 Å². The van der Waals surface area contributed by atoms with Gasteiger partial charge in [0.2, 0.25) is 10.0 Å². The van der Waals surface area contributed by atoms with Crippen molar-refractivity contribution in [2.24, 2.45) is 5.14 Å². The van der Waals surface area contributed by atoms with E-state index in [-0.39, 0.29) is 11.7 Å². The Morgan fingerprint density at radius 3 is 2.53 bits per heavy atom. The first kappa shape index (κ1) is 25.7. The third kappa shape index (κ3) is 6.06. The molecule has 36 heavy (non-hydrogen) atoms. The summed E-state index contributed by atoms with van der Waals surface area (Å²) in [6.45, 7) is 0. The van der Waals surface area contributed by atoms with E-state index in [1.807, 2.05) is 42.5 Å². The molecule has 190 valence electrons. The van der Waals surface area contributed by atoms with Gasteiger partial charge in [0, 0.05) is 12.0 Å². The molecule has 0 spiro atoms. The largest absolute Gasteiger partial charge is 0.496 e. The van der Waals surface area contributed by atoms with Crippen molar-refractivity contribution in [1.29, 1.82) is 0 Å². The van der Waals surface area contributed by atoms with E-state index in [4.69, 9.17) is 19.3 Å². The van der Waals surface area contributed by atoms with Gasteiger partial charge in [-0.15, -0.1) is 0 Å². The van der Waals surface area contributed by atoms with Gasteiger partial charge in [0.1, 0.15) is 17.6 Å². The van der Waals surface area contributed by atoms with E-state index in [1.165, 1.54) is 12.7 Å². The lowest BCUT2D eigenvalue weighted by molar-refractivity contribution is -0.140. The molecule has 7 nitrogen and oxygen atoms in total. The Hall–Kier alpha value is -3.36. The maximum absolute atomic E-state index is 11.8. The van der Waals surface area contributed by atoms with Crippen molar-refractivity contribution in [3.63, 3.8) is 0 Å². The molecule has 0 bridgehead atoms. The topological polar surface area (TPSA) is 105 Å². The van der Waals surface area contributed by atoms with Gasteiger partial charge < -0.3 is 14.2 Å². The predicted molar refractivity (Wildman–Crippen MR) is 138 cm³/mol. The summed E-state index contributed by atoms with van der Waals surface area (Å²) >= 11 is 0. The molecule has 4 rings (SSSR count). The number of benzene rings is 3. The van der Waals surface area contributed by atoms with E-state index in [0.29, 0.717) is 23.5 Å². The fraction of sp³-hybridized carbons (Fsp3) is 0.321. The molecule has 0 radical (unpaired) electrons. The van der Waals surface area contributed by atoms with E-state index in [1.54, 1.807) is 13.2 Å². The molecule has 2 N–H and O–H groups in total. The first-order valence-corrected chi connectivity index (χ1v) is 13.6. The van der Waals surface area contributed by atoms with Gasteiger partial charge in [0.25, 0.3) is 0 Å². The number of aryl methyl sites for hydroxylation is 1. The number of ether oxygens (including phenoxy) is 3. The molecule has 8 heteroatoms. The van der Waals surface area contributed by atoms with Crippen LogP contribution in [0.5, 0.6) is 11.5 Å². The number of hydrogen-bond donors (Lipinski definition) is 1. The Morgan fingerprint density at radius 1 is 0.972 bits per heavy atom. The van der Waals surface area contributed by atoms with Gasteiger partial charge in [-0.05, 0) is 53.6 Å². The number of carbonyl (C=O) groups excluding carboxylic acids is 1. The molecule has 1 aliphatic heterocycles. The first-order chi connectivity index (χ1) is 17.3. The number of sulfonamides is 1. The molecule has 0 aliphatic carbocycles. The number of esters is 1. The predicted octanol–water partition coefficient (Wildman–Crippen LogP) is 4.91. The van der Waals surface area contributed by atoms with Gasteiger partial charge in [-0.2, -0.15) is 0 Å². The minimum Gasteiger partial charge on any atom is -0.496 e. The Morgan fingerprint density at radius 2 is 1.78 bits per heavy atom. The SMILES string of the molecule is COC(=O)CCCCCc1cccc(C2Oc3cccc(OC)c3-c3ccc(CS(N)(=O)=O)cc32)c1. The molecule has 0 saturated heterocycles. The highest BCUT2D eigenvalue weighted by molar-refractivity contribution is 7.88. The lowest BCUT2D eigenvalue weighted by atomic mass is 9.87. The summed E-state index contributed by atoms with van der Waals surface area (Å²) in [5.74, 6) is 0.965. The fourth-order valence-electron chi connectivity index (χ4n) is 4.65. The smallest absolute Gasteiger partial charge is 0.305 e. The maximum atomic E-state index is 11.8. The van der Waals surface area contributed by atoms with Gasteiger partial charge >= 0.3 is 5.97 Å². The fourth-order valence-corrected chi connectivity index (χ4v) is 5.29. The number of unbranched alkanes of at least 4 members (excludes halogenated alkanes) is 2. The number of primary sulfonamides is 1. The number of fused-ring (bicyclic) bond motifs is 3. The maximum Gasteiger partial charge on any atom is 0.305 e. The molecular formula is C28H31NO6S. The Kier molecular flexibility index (Phi) is 7.96. The summed E-state index contributed by atoms with van der Waals surface area (Å²) in [5, 5.41) is 5.32. The van der Waals surface area contributed by atoms with Crippen molar-refractivity contribution in [3.05, 3.63) is 82.9 Å². The quantitative estimate of drug-likeness (QED) is 0.308. The van der Waals surface area contributed by atoms with Crippen LogP contribution < -0.4 is 14.6 Å². The number of carbonyl (C=O) groups is 1. The highest BCUT2D eigenvalue weighted by Gasteiger charge is 2.30. The lowest BCUT2D eigenvalue weighted by Crippen LogP contribution is -2.18. The van der Waals surface area contributed by atoms with E-state index in [2.05, 4.69) is 12.1 Å². The molecule has 3 aromatic rings. The first-order valence-electron chi connectivity index (χ1n) is 11.9. The molecule has 1 atom stereocenters. The van der Waals surface area contributed by atoms with Crippen molar-refractivity contribution in [2.45, 2.75) is 44.0 Å². The van der Waals surface area contributed by atoms with E-state index < -0.39 is 16.1 Å². The second-order valence-electron chi connectivity index (χ2n) is 8.94. The van der Waals surface area contributed by atoms with Crippen molar-refractivity contribution in [2.75, 3.05) is 14.2 Å². The van der Waals surface area contributed by atoms with Crippen LogP contribution in [0.1, 0.15) is 54.0 Å². The number of nitrogens with two attached hydrogens (primary N) is 1. The van der Waals surface area contributed by atoms with Crippen LogP contribution in [0.3, 0.4) is 0 Å². The number of hydrogen-bond acceptors (Lipinski definition) is 6. The summed E-state index contributed by atoms with van der Waals surface area (Å²) in [6.07, 6.45) is 3.60. The van der Waals surface area contributed by atoms with E-state index >= 15 is 0 Å². The zero-order valence-electron chi connectivity index (χ0n) is 20.5. The summed E-state index contributed by atoms with van der Waals surface area (Å²) in [7, 11) is -0.658. The number of rotatable bonds is 10. The van der Waals surface area contributed by atoms with Gasteiger partial charge in [-0.1, -0.05) is 55.0 Å². The van der Waals surface area contributed by atoms with Crippen molar-refractivity contribution < 1.29 is 27.4 Å². The van der Waals surface area contributed by atoms with Crippen LogP contribution >= 0.6 is 0 Å². The van der Waals surface area contributed by atoms with Crippen LogP contribution in [0.15, 0.2) is 60.7 Å². The molecule has 3 aromatic carbocycles. The van der Waals surface area contributed by atoms with Crippen LogP contribution in [-0.4, -0.2) is 28.6 Å². The normalized spacial score (nSPS) is 14.4. The third-order valence-electron chi connectivity index (χ3n) is 6.32. The molecule has 0 aromatic heterocycles. The second kappa shape index (κ2) is 11.1. The van der Waals surface area contributed by atoms with Crippen molar-refractivity contribution in [1.82, 2.24) is 0 Å². The van der Waals surface area contributed by atoms with Crippen LogP contribution in [0.4, 0.5) is 0 Å².